The van der Waals surface area contributed by atoms with Crippen LogP contribution in [0.5, 0.6) is 5.75 Å². The number of nitrogens with one attached hydrogen (secondary N) is 3. The molecule has 0 radical (unpaired) electrons. The second-order valence-corrected chi connectivity index (χ2v) is 7.60. The molecule has 3 N–H and O–H groups in total. The lowest BCUT2D eigenvalue weighted by Crippen LogP contribution is -2.38. The van der Waals surface area contributed by atoms with Crippen LogP contribution in [0.15, 0.2) is 36.4 Å². The molecule has 1 fully saturated rings. The number of amides is 2. The molecule has 1 aromatic carbocycles. The zero-order valence-corrected chi connectivity index (χ0v) is 17.6. The zero-order chi connectivity index (χ0) is 21.8. The van der Waals surface area contributed by atoms with Crippen LogP contribution in [-0.4, -0.2) is 58.6 Å². The molecular weight excluding hydrogens is 396 g/mol. The number of H-pyrrole nitrogens is 1. The van der Waals surface area contributed by atoms with E-state index in [2.05, 4.69) is 20.8 Å². The van der Waals surface area contributed by atoms with Crippen molar-refractivity contribution in [2.75, 3.05) is 32.1 Å². The Morgan fingerprint density at radius 2 is 2.10 bits per heavy atom. The number of methoxy groups -OCH3 is 1. The SMILES string of the molecule is COc1ccccc1CNc1n[nH]c2nc([C@@H]3CCN(C(=O)CNC(C)=O)C3)ccc12. The molecule has 2 amide bonds. The monoisotopic (exact) mass is 422 g/mol. The Hall–Kier alpha value is -3.62. The van der Waals surface area contributed by atoms with Gasteiger partial charge in [-0.15, -0.1) is 0 Å². The van der Waals surface area contributed by atoms with Gasteiger partial charge in [0.25, 0.3) is 0 Å². The minimum Gasteiger partial charge on any atom is -0.496 e. The fourth-order valence-electron chi connectivity index (χ4n) is 3.85. The van der Waals surface area contributed by atoms with E-state index >= 15 is 0 Å². The first-order chi connectivity index (χ1) is 15.0. The highest BCUT2D eigenvalue weighted by atomic mass is 16.5. The number of carbonyl (C=O) groups is 2. The smallest absolute Gasteiger partial charge is 0.241 e. The van der Waals surface area contributed by atoms with E-state index in [1.165, 1.54) is 6.92 Å². The van der Waals surface area contributed by atoms with E-state index < -0.39 is 0 Å². The fraction of sp³-hybridized carbons (Fsp3) is 0.364. The molecule has 9 nitrogen and oxygen atoms in total. The van der Waals surface area contributed by atoms with Crippen molar-refractivity contribution in [1.82, 2.24) is 25.4 Å². The van der Waals surface area contributed by atoms with Crippen LogP contribution >= 0.6 is 0 Å². The van der Waals surface area contributed by atoms with E-state index in [9.17, 15) is 9.59 Å². The highest BCUT2D eigenvalue weighted by Crippen LogP contribution is 2.29. The molecular formula is C22H26N6O3. The molecule has 4 rings (SSSR count). The van der Waals surface area contributed by atoms with Gasteiger partial charge in [-0.3, -0.25) is 14.7 Å². The molecule has 3 aromatic rings. The summed E-state index contributed by atoms with van der Waals surface area (Å²) < 4.78 is 5.40. The maximum atomic E-state index is 12.2. The van der Waals surface area contributed by atoms with Crippen molar-refractivity contribution in [3.8, 4) is 5.75 Å². The number of anilines is 1. The number of likely N-dealkylation sites (tertiary alicyclic amines) is 1. The molecule has 3 heterocycles. The number of benzene rings is 1. The standard InChI is InChI=1S/C22H26N6O3/c1-14(29)23-12-20(30)28-10-9-16(13-28)18-8-7-17-21(26-27-22(17)25-18)24-11-15-5-3-4-6-19(15)31-2/h3-8,16H,9-13H2,1-2H3,(H,23,29)(H2,24,25,26,27)/t16-/m1/s1. The third-order valence-electron chi connectivity index (χ3n) is 5.53. The van der Waals surface area contributed by atoms with Gasteiger partial charge in [0.05, 0.1) is 19.0 Å². The number of hydrogen-bond donors (Lipinski definition) is 3. The topological polar surface area (TPSA) is 112 Å². The first kappa shape index (κ1) is 20.6. The molecule has 0 bridgehead atoms. The van der Waals surface area contributed by atoms with Crippen molar-refractivity contribution in [3.05, 3.63) is 47.7 Å². The Kier molecular flexibility index (Phi) is 6.01. The van der Waals surface area contributed by atoms with Gasteiger partial charge in [0.15, 0.2) is 11.5 Å². The predicted molar refractivity (Wildman–Crippen MR) is 117 cm³/mol. The van der Waals surface area contributed by atoms with Gasteiger partial charge in [-0.25, -0.2) is 4.98 Å². The lowest BCUT2D eigenvalue weighted by atomic mass is 10.0. The molecule has 2 aromatic heterocycles. The number of aromatic amines is 1. The predicted octanol–water partition coefficient (Wildman–Crippen LogP) is 2.03. The van der Waals surface area contributed by atoms with Crippen LogP contribution < -0.4 is 15.4 Å². The van der Waals surface area contributed by atoms with Gasteiger partial charge >= 0.3 is 0 Å². The van der Waals surface area contributed by atoms with E-state index in [1.807, 2.05) is 36.4 Å². The summed E-state index contributed by atoms with van der Waals surface area (Å²) in [5.41, 5.74) is 2.69. The van der Waals surface area contributed by atoms with Crippen molar-refractivity contribution < 1.29 is 14.3 Å². The second kappa shape index (κ2) is 9.03. The molecule has 1 atom stereocenters. The average Bonchev–Trinajstić information content (AvgIpc) is 3.43. The Morgan fingerprint density at radius 3 is 2.90 bits per heavy atom. The molecule has 31 heavy (non-hydrogen) atoms. The molecule has 1 aliphatic rings. The van der Waals surface area contributed by atoms with Gasteiger partial charge in [-0.1, -0.05) is 18.2 Å². The fourth-order valence-corrected chi connectivity index (χ4v) is 3.85. The number of aromatic nitrogens is 3. The summed E-state index contributed by atoms with van der Waals surface area (Å²) in [5, 5.41) is 14.2. The summed E-state index contributed by atoms with van der Waals surface area (Å²) in [6, 6.07) is 11.9. The first-order valence-electron chi connectivity index (χ1n) is 10.3. The van der Waals surface area contributed by atoms with Crippen molar-refractivity contribution >= 4 is 28.7 Å². The number of para-hydroxylation sites is 1. The number of pyridine rings is 1. The molecule has 9 heteroatoms. The minimum atomic E-state index is -0.203. The highest BCUT2D eigenvalue weighted by molar-refractivity contribution is 5.87. The van der Waals surface area contributed by atoms with E-state index in [0.717, 1.165) is 34.6 Å². The maximum absolute atomic E-state index is 12.2. The van der Waals surface area contributed by atoms with E-state index in [-0.39, 0.29) is 24.3 Å². The molecule has 0 unspecified atom stereocenters. The van der Waals surface area contributed by atoms with Crippen molar-refractivity contribution in [2.24, 2.45) is 0 Å². The summed E-state index contributed by atoms with van der Waals surface area (Å²) in [5.74, 6) is 1.46. The Morgan fingerprint density at radius 1 is 1.26 bits per heavy atom. The van der Waals surface area contributed by atoms with Crippen LogP contribution in [0.1, 0.15) is 30.5 Å². The third-order valence-corrected chi connectivity index (χ3v) is 5.53. The van der Waals surface area contributed by atoms with Crippen LogP contribution in [0, 0.1) is 0 Å². The number of carbonyl (C=O) groups excluding carboxylic acids is 2. The lowest BCUT2D eigenvalue weighted by molar-refractivity contribution is -0.131. The quantitative estimate of drug-likeness (QED) is 0.537. The van der Waals surface area contributed by atoms with Gasteiger partial charge in [0.2, 0.25) is 11.8 Å². The van der Waals surface area contributed by atoms with E-state index in [0.29, 0.717) is 25.3 Å². The normalized spacial score (nSPS) is 15.8. The number of hydrogen-bond acceptors (Lipinski definition) is 6. The van der Waals surface area contributed by atoms with Crippen molar-refractivity contribution in [3.63, 3.8) is 0 Å². The highest BCUT2D eigenvalue weighted by Gasteiger charge is 2.28. The van der Waals surface area contributed by atoms with Crippen LogP contribution in [0.3, 0.4) is 0 Å². The average molecular weight is 422 g/mol. The number of rotatable bonds is 7. The lowest BCUT2D eigenvalue weighted by Gasteiger charge is -2.16. The van der Waals surface area contributed by atoms with E-state index in [4.69, 9.17) is 9.72 Å². The molecule has 1 saturated heterocycles. The number of fused-ring (bicyclic) bond motifs is 1. The summed E-state index contributed by atoms with van der Waals surface area (Å²) in [4.78, 5) is 29.8. The van der Waals surface area contributed by atoms with Crippen LogP contribution in [0.25, 0.3) is 11.0 Å². The zero-order valence-electron chi connectivity index (χ0n) is 17.6. The van der Waals surface area contributed by atoms with E-state index in [1.54, 1.807) is 12.0 Å². The summed E-state index contributed by atoms with van der Waals surface area (Å²) in [6.45, 7) is 3.29. The van der Waals surface area contributed by atoms with Gasteiger partial charge < -0.3 is 20.3 Å². The molecule has 0 aliphatic carbocycles. The Bertz CT molecular complexity index is 1100. The molecule has 162 valence electrons. The largest absolute Gasteiger partial charge is 0.496 e. The summed E-state index contributed by atoms with van der Waals surface area (Å²) in [6.07, 6.45) is 0.845. The molecule has 1 aliphatic heterocycles. The Balaban J connectivity index is 1.42. The van der Waals surface area contributed by atoms with Gasteiger partial charge in [-0.2, -0.15) is 5.10 Å². The molecule has 0 spiro atoms. The summed E-state index contributed by atoms with van der Waals surface area (Å²) in [7, 11) is 1.66. The van der Waals surface area contributed by atoms with Crippen molar-refractivity contribution in [2.45, 2.75) is 25.8 Å². The molecule has 0 saturated carbocycles. The maximum Gasteiger partial charge on any atom is 0.241 e. The van der Waals surface area contributed by atoms with Crippen LogP contribution in [0.2, 0.25) is 0 Å². The van der Waals surface area contributed by atoms with Crippen LogP contribution in [0.4, 0.5) is 5.82 Å². The second-order valence-electron chi connectivity index (χ2n) is 7.60. The van der Waals surface area contributed by atoms with Gasteiger partial charge in [-0.05, 0) is 24.6 Å². The number of ether oxygens (including phenoxy) is 1. The third kappa shape index (κ3) is 4.60. The van der Waals surface area contributed by atoms with Crippen LogP contribution in [-0.2, 0) is 16.1 Å². The minimum absolute atomic E-state index is 0.0380. The van der Waals surface area contributed by atoms with Crippen molar-refractivity contribution in [1.29, 1.82) is 0 Å². The number of nitrogens with zero attached hydrogens (tertiary/aromatic N) is 3. The summed E-state index contributed by atoms with van der Waals surface area (Å²) >= 11 is 0. The van der Waals surface area contributed by atoms with Gasteiger partial charge in [0, 0.05) is 43.7 Å². The first-order valence-corrected chi connectivity index (χ1v) is 10.3. The van der Waals surface area contributed by atoms with Gasteiger partial charge in [0.1, 0.15) is 5.75 Å². The Labute approximate surface area is 180 Å².